The molecule has 0 bridgehead atoms. The Bertz CT molecular complexity index is 559. The van der Waals surface area contributed by atoms with E-state index in [1.165, 1.54) is 18.4 Å². The quantitative estimate of drug-likeness (QED) is 0.929. The molecule has 1 aromatic rings. The highest BCUT2D eigenvalue weighted by molar-refractivity contribution is 5.94. The van der Waals surface area contributed by atoms with Crippen LogP contribution in [0.3, 0.4) is 0 Å². The van der Waals surface area contributed by atoms with Gasteiger partial charge in [-0.3, -0.25) is 9.69 Å². The lowest BCUT2D eigenvalue weighted by atomic mass is 9.96. The Labute approximate surface area is 139 Å². The molecule has 1 amide bonds. The van der Waals surface area contributed by atoms with E-state index in [1.807, 2.05) is 23.1 Å². The van der Waals surface area contributed by atoms with Crippen LogP contribution in [0.4, 0.5) is 0 Å². The topological polar surface area (TPSA) is 43.8 Å². The van der Waals surface area contributed by atoms with E-state index in [2.05, 4.69) is 11.0 Å². The predicted octanol–water partition coefficient (Wildman–Crippen LogP) is 2.66. The van der Waals surface area contributed by atoms with Crippen LogP contribution in [0.2, 0.25) is 0 Å². The van der Waals surface area contributed by atoms with Gasteiger partial charge in [0.1, 0.15) is 0 Å². The molecule has 2 fully saturated rings. The third kappa shape index (κ3) is 3.75. The second-order valence-electron chi connectivity index (χ2n) is 7.49. The van der Waals surface area contributed by atoms with Crippen LogP contribution in [0.15, 0.2) is 24.3 Å². The van der Waals surface area contributed by atoms with Crippen molar-refractivity contribution in [2.75, 3.05) is 19.6 Å². The Morgan fingerprint density at radius 2 is 1.96 bits per heavy atom. The monoisotopic (exact) mass is 316 g/mol. The molecule has 0 spiro atoms. The van der Waals surface area contributed by atoms with E-state index in [4.69, 9.17) is 0 Å². The average molecular weight is 316 g/mol. The largest absolute Gasteiger partial charge is 0.388 e. The number of rotatable bonds is 4. The average Bonchev–Trinajstić information content (AvgIpc) is 3.17. The van der Waals surface area contributed by atoms with Crippen molar-refractivity contribution in [1.82, 2.24) is 9.80 Å². The summed E-state index contributed by atoms with van der Waals surface area (Å²) in [6.45, 7) is 7.58. The molecule has 1 atom stereocenters. The van der Waals surface area contributed by atoms with Gasteiger partial charge in [-0.05, 0) is 70.3 Å². The Morgan fingerprint density at radius 3 is 2.65 bits per heavy atom. The van der Waals surface area contributed by atoms with E-state index >= 15 is 0 Å². The first kappa shape index (κ1) is 16.5. The van der Waals surface area contributed by atoms with E-state index in [0.29, 0.717) is 0 Å². The molecule has 4 heteroatoms. The van der Waals surface area contributed by atoms with Crippen LogP contribution in [0.1, 0.15) is 55.5 Å². The van der Waals surface area contributed by atoms with Gasteiger partial charge in [-0.15, -0.1) is 0 Å². The maximum absolute atomic E-state index is 12.9. The van der Waals surface area contributed by atoms with E-state index in [0.717, 1.165) is 44.6 Å². The number of benzene rings is 1. The predicted molar refractivity (Wildman–Crippen MR) is 91.3 cm³/mol. The third-order valence-electron chi connectivity index (χ3n) is 5.11. The standard InChI is InChI=1S/C19H28N2O2/c1-19(2,23)17-9-6-12-21(17)18(22)16-8-5-7-15(13-16)14-20-10-3-4-11-20/h5,7-8,13,17,23H,3-4,6,9-12,14H2,1-2H3. The first-order valence-corrected chi connectivity index (χ1v) is 8.80. The first-order valence-electron chi connectivity index (χ1n) is 8.80. The van der Waals surface area contributed by atoms with Crippen molar-refractivity contribution in [1.29, 1.82) is 0 Å². The second-order valence-corrected chi connectivity index (χ2v) is 7.49. The summed E-state index contributed by atoms with van der Waals surface area (Å²) in [5.41, 5.74) is 1.11. The Kier molecular flexibility index (Phi) is 4.74. The fourth-order valence-electron chi connectivity index (χ4n) is 3.91. The van der Waals surface area contributed by atoms with Gasteiger partial charge in [-0.2, -0.15) is 0 Å². The lowest BCUT2D eigenvalue weighted by Gasteiger charge is -2.34. The van der Waals surface area contributed by atoms with Crippen LogP contribution >= 0.6 is 0 Å². The summed E-state index contributed by atoms with van der Waals surface area (Å²) in [5, 5.41) is 10.3. The maximum Gasteiger partial charge on any atom is 0.254 e. The minimum absolute atomic E-state index is 0.0536. The van der Waals surface area contributed by atoms with Crippen molar-refractivity contribution in [2.45, 2.75) is 57.7 Å². The summed E-state index contributed by atoms with van der Waals surface area (Å²) in [5.74, 6) is 0.0536. The summed E-state index contributed by atoms with van der Waals surface area (Å²) in [6.07, 6.45) is 4.40. The molecule has 0 saturated carbocycles. The molecule has 23 heavy (non-hydrogen) atoms. The number of hydrogen-bond donors (Lipinski definition) is 1. The molecule has 2 heterocycles. The van der Waals surface area contributed by atoms with Crippen LogP contribution in [0.25, 0.3) is 0 Å². The number of carbonyl (C=O) groups excluding carboxylic acids is 1. The summed E-state index contributed by atoms with van der Waals surface area (Å²) in [4.78, 5) is 17.2. The molecule has 4 nitrogen and oxygen atoms in total. The molecule has 1 aromatic carbocycles. The third-order valence-corrected chi connectivity index (χ3v) is 5.11. The molecule has 1 N–H and O–H groups in total. The van der Waals surface area contributed by atoms with Gasteiger partial charge in [-0.1, -0.05) is 12.1 Å². The van der Waals surface area contributed by atoms with Gasteiger partial charge in [0, 0.05) is 18.7 Å². The summed E-state index contributed by atoms with van der Waals surface area (Å²) < 4.78 is 0. The van der Waals surface area contributed by atoms with Crippen molar-refractivity contribution in [3.63, 3.8) is 0 Å². The number of carbonyl (C=O) groups is 1. The van der Waals surface area contributed by atoms with Crippen LogP contribution in [-0.2, 0) is 6.54 Å². The molecule has 2 saturated heterocycles. The molecular weight excluding hydrogens is 288 g/mol. The zero-order valence-electron chi connectivity index (χ0n) is 14.3. The lowest BCUT2D eigenvalue weighted by Crippen LogP contribution is -2.48. The Hall–Kier alpha value is -1.39. The van der Waals surface area contributed by atoms with E-state index in [-0.39, 0.29) is 11.9 Å². The molecule has 2 aliphatic heterocycles. The van der Waals surface area contributed by atoms with Crippen molar-refractivity contribution in [3.8, 4) is 0 Å². The normalized spacial score (nSPS) is 22.7. The molecule has 0 radical (unpaired) electrons. The number of likely N-dealkylation sites (tertiary alicyclic amines) is 2. The number of aliphatic hydroxyl groups is 1. The number of hydrogen-bond acceptors (Lipinski definition) is 3. The van der Waals surface area contributed by atoms with Gasteiger partial charge < -0.3 is 10.0 Å². The molecular formula is C19H28N2O2. The maximum atomic E-state index is 12.9. The fourth-order valence-corrected chi connectivity index (χ4v) is 3.91. The van der Waals surface area contributed by atoms with Gasteiger partial charge in [0.15, 0.2) is 0 Å². The van der Waals surface area contributed by atoms with Gasteiger partial charge in [-0.25, -0.2) is 0 Å². The minimum atomic E-state index is -0.848. The van der Waals surface area contributed by atoms with E-state index in [1.54, 1.807) is 13.8 Å². The highest BCUT2D eigenvalue weighted by Gasteiger charge is 2.38. The minimum Gasteiger partial charge on any atom is -0.388 e. The first-order chi connectivity index (χ1) is 10.9. The molecule has 0 aromatic heterocycles. The van der Waals surface area contributed by atoms with Crippen LogP contribution in [0, 0.1) is 0 Å². The van der Waals surface area contributed by atoms with Crippen molar-refractivity contribution >= 4 is 5.91 Å². The van der Waals surface area contributed by atoms with E-state index < -0.39 is 5.60 Å². The zero-order chi connectivity index (χ0) is 16.4. The molecule has 2 aliphatic rings. The van der Waals surface area contributed by atoms with Gasteiger partial charge in [0.05, 0.1) is 11.6 Å². The molecule has 126 valence electrons. The molecule has 3 rings (SSSR count). The second kappa shape index (κ2) is 6.62. The Balaban J connectivity index is 1.74. The summed E-state index contributed by atoms with van der Waals surface area (Å²) >= 11 is 0. The summed E-state index contributed by atoms with van der Waals surface area (Å²) in [6, 6.07) is 7.92. The van der Waals surface area contributed by atoms with Crippen LogP contribution in [-0.4, -0.2) is 52.1 Å². The van der Waals surface area contributed by atoms with Crippen molar-refractivity contribution < 1.29 is 9.90 Å². The van der Waals surface area contributed by atoms with Crippen molar-refractivity contribution in [3.05, 3.63) is 35.4 Å². The van der Waals surface area contributed by atoms with Gasteiger partial charge in [0.2, 0.25) is 0 Å². The van der Waals surface area contributed by atoms with Crippen molar-refractivity contribution in [2.24, 2.45) is 0 Å². The van der Waals surface area contributed by atoms with Gasteiger partial charge >= 0.3 is 0 Å². The fraction of sp³-hybridized carbons (Fsp3) is 0.632. The number of nitrogens with zero attached hydrogens (tertiary/aromatic N) is 2. The highest BCUT2D eigenvalue weighted by Crippen LogP contribution is 2.28. The zero-order valence-corrected chi connectivity index (χ0v) is 14.3. The molecule has 0 aliphatic carbocycles. The Morgan fingerprint density at radius 1 is 1.22 bits per heavy atom. The smallest absolute Gasteiger partial charge is 0.254 e. The summed E-state index contributed by atoms with van der Waals surface area (Å²) in [7, 11) is 0. The lowest BCUT2D eigenvalue weighted by molar-refractivity contribution is 0.000331. The van der Waals surface area contributed by atoms with Gasteiger partial charge in [0.25, 0.3) is 5.91 Å². The van der Waals surface area contributed by atoms with Crippen LogP contribution in [0.5, 0.6) is 0 Å². The molecule has 1 unspecified atom stereocenters. The number of amides is 1. The van der Waals surface area contributed by atoms with E-state index in [9.17, 15) is 9.90 Å². The SMILES string of the molecule is CC(C)(O)C1CCCN1C(=O)c1cccc(CN2CCCC2)c1. The van der Waals surface area contributed by atoms with Crippen LogP contribution < -0.4 is 0 Å². The highest BCUT2D eigenvalue weighted by atomic mass is 16.3.